The number of carbonyl (C=O) groups is 1. The first-order valence-corrected chi connectivity index (χ1v) is 6.85. The Balaban J connectivity index is 2.50. The fourth-order valence-electron chi connectivity index (χ4n) is 1.69. The van der Waals surface area contributed by atoms with Crippen molar-refractivity contribution in [3.63, 3.8) is 0 Å². The number of nitrogens with two attached hydrogens (primary N) is 1. The van der Waals surface area contributed by atoms with Gasteiger partial charge >= 0.3 is 5.97 Å². The van der Waals surface area contributed by atoms with Crippen LogP contribution >= 0.6 is 34.8 Å². The summed E-state index contributed by atoms with van der Waals surface area (Å²) in [4.78, 5) is 11.8. The zero-order chi connectivity index (χ0) is 15.6. The molecule has 2 aromatic rings. The number of carbonyl (C=O) groups excluding carboxylic acids is 1. The van der Waals surface area contributed by atoms with Gasteiger partial charge in [-0.15, -0.1) is 0 Å². The van der Waals surface area contributed by atoms with Gasteiger partial charge in [-0.2, -0.15) is 0 Å². The van der Waals surface area contributed by atoms with Crippen LogP contribution < -0.4 is 10.5 Å². The Morgan fingerprint density at radius 1 is 1.05 bits per heavy atom. The minimum Gasteiger partial charge on any atom is -0.465 e. The normalized spacial score (nSPS) is 10.3. The highest BCUT2D eigenvalue weighted by Gasteiger charge is 2.18. The van der Waals surface area contributed by atoms with Gasteiger partial charge in [-0.1, -0.05) is 34.8 Å². The van der Waals surface area contributed by atoms with Gasteiger partial charge in [-0.25, -0.2) is 4.79 Å². The van der Waals surface area contributed by atoms with E-state index < -0.39 is 5.97 Å². The van der Waals surface area contributed by atoms with Gasteiger partial charge in [0, 0.05) is 15.7 Å². The molecule has 4 nitrogen and oxygen atoms in total. The largest absolute Gasteiger partial charge is 0.465 e. The molecule has 0 radical (unpaired) electrons. The summed E-state index contributed by atoms with van der Waals surface area (Å²) in [6, 6.07) is 7.53. The number of esters is 1. The summed E-state index contributed by atoms with van der Waals surface area (Å²) in [5, 5.41) is 0.957. The summed E-state index contributed by atoms with van der Waals surface area (Å²) in [6.07, 6.45) is 0. The number of halogens is 3. The molecule has 110 valence electrons. The number of nitrogen functional groups attached to an aromatic ring is 1. The van der Waals surface area contributed by atoms with Crippen LogP contribution in [-0.4, -0.2) is 13.1 Å². The molecule has 21 heavy (non-hydrogen) atoms. The third-order valence-corrected chi connectivity index (χ3v) is 3.24. The van der Waals surface area contributed by atoms with E-state index in [2.05, 4.69) is 4.74 Å². The van der Waals surface area contributed by atoms with Crippen molar-refractivity contribution in [1.82, 2.24) is 0 Å². The standard InChI is InChI=1S/C14H10Cl3NO3/c1-20-14(19)11-5-9(18)6-12(17)13(11)21-10-3-7(15)2-8(16)4-10/h2-6H,18H2,1H3. The van der Waals surface area contributed by atoms with E-state index in [-0.39, 0.29) is 16.3 Å². The van der Waals surface area contributed by atoms with Crippen molar-refractivity contribution in [3.8, 4) is 11.5 Å². The van der Waals surface area contributed by atoms with Crippen LogP contribution in [0.1, 0.15) is 10.4 Å². The highest BCUT2D eigenvalue weighted by Crippen LogP contribution is 2.37. The lowest BCUT2D eigenvalue weighted by Crippen LogP contribution is -2.05. The van der Waals surface area contributed by atoms with Gasteiger partial charge in [0.05, 0.1) is 12.1 Å². The molecule has 2 rings (SSSR count). The van der Waals surface area contributed by atoms with Gasteiger partial charge < -0.3 is 15.2 Å². The first kappa shape index (κ1) is 15.8. The average molecular weight is 347 g/mol. The van der Waals surface area contributed by atoms with E-state index in [4.69, 9.17) is 45.3 Å². The predicted molar refractivity (Wildman–Crippen MR) is 83.7 cm³/mol. The van der Waals surface area contributed by atoms with Crippen molar-refractivity contribution in [3.05, 3.63) is 51.0 Å². The van der Waals surface area contributed by atoms with Crippen molar-refractivity contribution < 1.29 is 14.3 Å². The van der Waals surface area contributed by atoms with Gasteiger partial charge in [-0.05, 0) is 30.3 Å². The van der Waals surface area contributed by atoms with E-state index in [0.29, 0.717) is 21.5 Å². The van der Waals surface area contributed by atoms with E-state index in [1.54, 1.807) is 18.2 Å². The Bertz CT molecular complexity index is 684. The summed E-state index contributed by atoms with van der Waals surface area (Å²) in [7, 11) is 1.25. The highest BCUT2D eigenvalue weighted by atomic mass is 35.5. The molecule has 0 aliphatic rings. The van der Waals surface area contributed by atoms with Crippen molar-refractivity contribution in [2.24, 2.45) is 0 Å². The minimum absolute atomic E-state index is 0.110. The lowest BCUT2D eigenvalue weighted by molar-refractivity contribution is 0.0598. The fraction of sp³-hybridized carbons (Fsp3) is 0.0714. The number of ether oxygens (including phenoxy) is 2. The quantitative estimate of drug-likeness (QED) is 0.640. The Kier molecular flexibility index (Phi) is 4.83. The molecule has 2 aromatic carbocycles. The molecule has 0 spiro atoms. The molecule has 0 saturated heterocycles. The van der Waals surface area contributed by atoms with Crippen molar-refractivity contribution in [2.75, 3.05) is 12.8 Å². The monoisotopic (exact) mass is 345 g/mol. The van der Waals surface area contributed by atoms with Gasteiger partial charge in [0.1, 0.15) is 11.3 Å². The molecule has 2 N–H and O–H groups in total. The van der Waals surface area contributed by atoms with Crippen molar-refractivity contribution >= 4 is 46.5 Å². The second kappa shape index (κ2) is 6.43. The van der Waals surface area contributed by atoms with Crippen LogP contribution in [0.3, 0.4) is 0 Å². The number of hydrogen-bond acceptors (Lipinski definition) is 4. The number of benzene rings is 2. The lowest BCUT2D eigenvalue weighted by atomic mass is 10.1. The zero-order valence-corrected chi connectivity index (χ0v) is 13.1. The molecule has 0 heterocycles. The molecular formula is C14H10Cl3NO3. The van der Waals surface area contributed by atoms with Crippen molar-refractivity contribution in [1.29, 1.82) is 0 Å². The summed E-state index contributed by atoms with van der Waals surface area (Å²) in [6.45, 7) is 0. The van der Waals surface area contributed by atoms with Crippen molar-refractivity contribution in [2.45, 2.75) is 0 Å². The van der Waals surface area contributed by atoms with E-state index >= 15 is 0 Å². The summed E-state index contributed by atoms with van der Waals surface area (Å²) < 4.78 is 10.3. The molecule has 0 saturated carbocycles. The van der Waals surface area contributed by atoms with Gasteiger partial charge in [-0.3, -0.25) is 0 Å². The van der Waals surface area contributed by atoms with Crippen LogP contribution in [0.5, 0.6) is 11.5 Å². The molecule has 7 heteroatoms. The Morgan fingerprint density at radius 3 is 2.24 bits per heavy atom. The molecule has 0 aliphatic heterocycles. The van der Waals surface area contributed by atoms with Crippen LogP contribution in [0.2, 0.25) is 15.1 Å². The molecule has 0 unspecified atom stereocenters. The molecule has 0 atom stereocenters. The fourth-order valence-corrected chi connectivity index (χ4v) is 2.46. The predicted octanol–water partition coefficient (Wildman–Crippen LogP) is 4.81. The highest BCUT2D eigenvalue weighted by molar-refractivity contribution is 6.35. The average Bonchev–Trinajstić information content (AvgIpc) is 2.39. The maximum atomic E-state index is 11.8. The molecule has 0 aromatic heterocycles. The summed E-state index contributed by atoms with van der Waals surface area (Å²) >= 11 is 17.9. The second-order valence-electron chi connectivity index (χ2n) is 4.08. The molecule has 0 aliphatic carbocycles. The van der Waals surface area contributed by atoms with Crippen LogP contribution in [-0.2, 0) is 4.74 Å². The number of anilines is 1. The summed E-state index contributed by atoms with van der Waals surface area (Å²) in [5.74, 6) is -0.160. The first-order valence-electron chi connectivity index (χ1n) is 5.72. The third-order valence-electron chi connectivity index (χ3n) is 2.53. The number of methoxy groups -OCH3 is 1. The van der Waals surface area contributed by atoms with Crippen LogP contribution in [0.15, 0.2) is 30.3 Å². The maximum absolute atomic E-state index is 11.8. The van der Waals surface area contributed by atoms with E-state index in [9.17, 15) is 4.79 Å². The zero-order valence-electron chi connectivity index (χ0n) is 10.8. The van der Waals surface area contributed by atoms with E-state index in [1.165, 1.54) is 19.2 Å². The Morgan fingerprint density at radius 2 is 1.67 bits per heavy atom. The third kappa shape index (κ3) is 3.73. The molecular weight excluding hydrogens is 337 g/mol. The SMILES string of the molecule is COC(=O)c1cc(N)cc(Cl)c1Oc1cc(Cl)cc(Cl)c1. The number of hydrogen-bond donors (Lipinski definition) is 1. The number of rotatable bonds is 3. The second-order valence-corrected chi connectivity index (χ2v) is 5.36. The molecule has 0 amide bonds. The molecule has 0 fully saturated rings. The topological polar surface area (TPSA) is 61.5 Å². The van der Waals surface area contributed by atoms with Gasteiger partial charge in [0.2, 0.25) is 0 Å². The summed E-state index contributed by atoms with van der Waals surface area (Å²) in [5.41, 5.74) is 6.10. The first-order chi connectivity index (χ1) is 9.90. The van der Waals surface area contributed by atoms with E-state index in [0.717, 1.165) is 0 Å². The van der Waals surface area contributed by atoms with Crippen LogP contribution in [0, 0.1) is 0 Å². The maximum Gasteiger partial charge on any atom is 0.341 e. The van der Waals surface area contributed by atoms with Crippen LogP contribution in [0.25, 0.3) is 0 Å². The molecule has 0 bridgehead atoms. The van der Waals surface area contributed by atoms with Crippen LogP contribution in [0.4, 0.5) is 5.69 Å². The smallest absolute Gasteiger partial charge is 0.341 e. The van der Waals surface area contributed by atoms with Gasteiger partial charge in [0.15, 0.2) is 5.75 Å². The Labute approximate surface area is 136 Å². The lowest BCUT2D eigenvalue weighted by Gasteiger charge is -2.13. The van der Waals surface area contributed by atoms with E-state index in [1.807, 2.05) is 0 Å². The van der Waals surface area contributed by atoms with Gasteiger partial charge in [0.25, 0.3) is 0 Å². The Hall–Kier alpha value is -1.62. The minimum atomic E-state index is -0.618.